The van der Waals surface area contributed by atoms with Crippen LogP contribution in [0.4, 0.5) is 16.4 Å². The minimum atomic E-state index is -0.383. The standard InChI is InChI=1S/C19H19N5O2S/c20-15-4-2-1-3-14(15)12-6-9-24(10-7-12)18-21-8-5-13(22-18)11-16-17(25)23-19(26)27-16/h1-5,8,11-12H,6-7,9-10,20H2,(H,23,25,26)/b16-11+. The van der Waals surface area contributed by atoms with Crippen LogP contribution in [0.25, 0.3) is 6.08 Å². The molecule has 3 heterocycles. The highest BCUT2D eigenvalue weighted by atomic mass is 32.2. The second kappa shape index (κ2) is 7.40. The third-order valence-corrected chi connectivity index (χ3v) is 5.61. The summed E-state index contributed by atoms with van der Waals surface area (Å²) >= 11 is 0.885. The quantitative estimate of drug-likeness (QED) is 0.623. The Balaban J connectivity index is 1.46. The molecule has 0 spiro atoms. The van der Waals surface area contributed by atoms with Crippen molar-refractivity contribution in [3.8, 4) is 0 Å². The molecule has 138 valence electrons. The SMILES string of the molecule is Nc1ccccc1C1CCN(c2nccc(/C=C3/SC(=O)NC3=O)n2)CC1. The molecule has 1 aromatic carbocycles. The van der Waals surface area contributed by atoms with E-state index in [0.717, 1.165) is 43.4 Å². The maximum absolute atomic E-state index is 11.7. The molecule has 0 atom stereocenters. The normalized spacial score (nSPS) is 19.6. The molecule has 0 bridgehead atoms. The van der Waals surface area contributed by atoms with Gasteiger partial charge in [-0.05, 0) is 54.3 Å². The van der Waals surface area contributed by atoms with Gasteiger partial charge >= 0.3 is 0 Å². The maximum Gasteiger partial charge on any atom is 0.290 e. The minimum Gasteiger partial charge on any atom is -0.398 e. The summed E-state index contributed by atoms with van der Waals surface area (Å²) in [5.41, 5.74) is 8.79. The number of anilines is 2. The molecule has 0 radical (unpaired) electrons. The molecule has 2 aromatic rings. The smallest absolute Gasteiger partial charge is 0.290 e. The third kappa shape index (κ3) is 3.80. The van der Waals surface area contributed by atoms with Crippen LogP contribution < -0.4 is 16.0 Å². The van der Waals surface area contributed by atoms with E-state index < -0.39 is 0 Å². The number of aromatic nitrogens is 2. The first-order valence-corrected chi connectivity index (χ1v) is 9.59. The maximum atomic E-state index is 11.7. The fourth-order valence-electron chi connectivity index (χ4n) is 3.42. The molecule has 1 aromatic heterocycles. The Labute approximate surface area is 161 Å². The van der Waals surface area contributed by atoms with Crippen molar-refractivity contribution >= 4 is 40.6 Å². The number of carbonyl (C=O) groups is 2. The summed E-state index contributed by atoms with van der Waals surface area (Å²) in [5.74, 6) is 0.697. The second-order valence-electron chi connectivity index (χ2n) is 6.52. The van der Waals surface area contributed by atoms with Crippen molar-refractivity contribution in [2.75, 3.05) is 23.7 Å². The van der Waals surface area contributed by atoms with Crippen molar-refractivity contribution in [3.05, 3.63) is 52.7 Å². The van der Waals surface area contributed by atoms with Crippen molar-refractivity contribution in [3.63, 3.8) is 0 Å². The van der Waals surface area contributed by atoms with Crippen molar-refractivity contribution in [1.29, 1.82) is 0 Å². The number of piperidine rings is 1. The molecule has 4 rings (SSSR count). The number of nitrogens with zero attached hydrogens (tertiary/aromatic N) is 3. The van der Waals surface area contributed by atoms with E-state index in [2.05, 4.69) is 26.3 Å². The molecule has 7 nitrogen and oxygen atoms in total. The second-order valence-corrected chi connectivity index (χ2v) is 7.54. The number of para-hydroxylation sites is 1. The summed E-state index contributed by atoms with van der Waals surface area (Å²) in [5, 5.41) is 1.88. The zero-order valence-corrected chi connectivity index (χ0v) is 15.4. The summed E-state index contributed by atoms with van der Waals surface area (Å²) < 4.78 is 0. The number of nitrogens with two attached hydrogens (primary N) is 1. The van der Waals surface area contributed by atoms with E-state index in [1.165, 1.54) is 5.56 Å². The number of imide groups is 1. The van der Waals surface area contributed by atoms with Gasteiger partial charge < -0.3 is 10.6 Å². The van der Waals surface area contributed by atoms with Crippen LogP contribution in [-0.4, -0.2) is 34.2 Å². The zero-order chi connectivity index (χ0) is 18.8. The van der Waals surface area contributed by atoms with Crippen LogP contribution >= 0.6 is 11.8 Å². The first-order chi connectivity index (χ1) is 13.1. The lowest BCUT2D eigenvalue weighted by Gasteiger charge is -2.32. The van der Waals surface area contributed by atoms with Gasteiger partial charge in [-0.15, -0.1) is 0 Å². The summed E-state index contributed by atoms with van der Waals surface area (Å²) in [6, 6.07) is 9.76. The Kier molecular flexibility index (Phi) is 4.81. The first kappa shape index (κ1) is 17.5. The number of benzene rings is 1. The number of nitrogen functional groups attached to an aromatic ring is 1. The number of hydrogen-bond acceptors (Lipinski definition) is 7. The van der Waals surface area contributed by atoms with E-state index >= 15 is 0 Å². The third-order valence-electron chi connectivity index (χ3n) is 4.80. The fourth-order valence-corrected chi connectivity index (χ4v) is 4.09. The molecule has 2 saturated heterocycles. The van der Waals surface area contributed by atoms with Gasteiger partial charge in [0.25, 0.3) is 11.1 Å². The highest BCUT2D eigenvalue weighted by Gasteiger charge is 2.26. The molecule has 0 unspecified atom stereocenters. The van der Waals surface area contributed by atoms with Gasteiger partial charge in [0.2, 0.25) is 5.95 Å². The lowest BCUT2D eigenvalue weighted by Crippen LogP contribution is -2.34. The van der Waals surface area contributed by atoms with Crippen molar-refractivity contribution < 1.29 is 9.59 Å². The largest absolute Gasteiger partial charge is 0.398 e. The van der Waals surface area contributed by atoms with Gasteiger partial charge in [0.15, 0.2) is 0 Å². The molecular weight excluding hydrogens is 362 g/mol. The van der Waals surface area contributed by atoms with Crippen LogP contribution in [0, 0.1) is 0 Å². The van der Waals surface area contributed by atoms with Gasteiger partial charge in [-0.2, -0.15) is 0 Å². The van der Waals surface area contributed by atoms with Gasteiger partial charge in [0, 0.05) is 25.0 Å². The molecule has 0 saturated carbocycles. The van der Waals surface area contributed by atoms with Crippen LogP contribution in [0.3, 0.4) is 0 Å². The molecule has 0 aliphatic carbocycles. The number of nitrogens with one attached hydrogen (secondary N) is 1. The van der Waals surface area contributed by atoms with E-state index in [4.69, 9.17) is 5.73 Å². The summed E-state index contributed by atoms with van der Waals surface area (Å²) in [4.78, 5) is 34.4. The van der Waals surface area contributed by atoms with Crippen LogP contribution in [0.5, 0.6) is 0 Å². The molecule has 2 fully saturated rings. The van der Waals surface area contributed by atoms with E-state index in [9.17, 15) is 9.59 Å². The average Bonchev–Trinajstić information content (AvgIpc) is 2.99. The number of thioether (sulfide) groups is 1. The molecule has 2 aliphatic rings. The fraction of sp³-hybridized carbons (Fsp3) is 0.263. The Morgan fingerprint density at radius 3 is 2.67 bits per heavy atom. The summed E-state index contributed by atoms with van der Waals surface area (Å²) in [6.45, 7) is 1.68. The Morgan fingerprint density at radius 1 is 1.19 bits per heavy atom. The molecule has 8 heteroatoms. The Morgan fingerprint density at radius 2 is 1.96 bits per heavy atom. The average molecular weight is 381 g/mol. The molecule has 2 aliphatic heterocycles. The van der Waals surface area contributed by atoms with E-state index in [1.54, 1.807) is 18.3 Å². The minimum absolute atomic E-state index is 0.350. The van der Waals surface area contributed by atoms with Crippen molar-refractivity contribution in [1.82, 2.24) is 15.3 Å². The molecule has 3 N–H and O–H groups in total. The topological polar surface area (TPSA) is 101 Å². The van der Waals surface area contributed by atoms with Gasteiger partial charge in [0.05, 0.1) is 10.6 Å². The Hall–Kier alpha value is -2.87. The molecular formula is C19H19N5O2S. The van der Waals surface area contributed by atoms with Gasteiger partial charge in [0.1, 0.15) is 0 Å². The number of amides is 2. The molecule has 2 amide bonds. The summed E-state index contributed by atoms with van der Waals surface area (Å²) in [7, 11) is 0. The van der Waals surface area contributed by atoms with Crippen LogP contribution in [-0.2, 0) is 4.79 Å². The number of carbonyl (C=O) groups excluding carboxylic acids is 2. The molecule has 27 heavy (non-hydrogen) atoms. The van der Waals surface area contributed by atoms with Gasteiger partial charge in [-0.3, -0.25) is 14.9 Å². The van der Waals surface area contributed by atoms with Crippen molar-refractivity contribution in [2.45, 2.75) is 18.8 Å². The van der Waals surface area contributed by atoms with E-state index in [1.807, 2.05) is 18.2 Å². The predicted octanol–water partition coefficient (Wildman–Crippen LogP) is 2.77. The van der Waals surface area contributed by atoms with Gasteiger partial charge in [-0.25, -0.2) is 9.97 Å². The first-order valence-electron chi connectivity index (χ1n) is 8.77. The summed E-state index contributed by atoms with van der Waals surface area (Å²) in [6.07, 6.45) is 5.26. The highest BCUT2D eigenvalue weighted by molar-refractivity contribution is 8.18. The monoisotopic (exact) mass is 381 g/mol. The highest BCUT2D eigenvalue weighted by Crippen LogP contribution is 2.32. The lowest BCUT2D eigenvalue weighted by atomic mass is 9.88. The van der Waals surface area contributed by atoms with Crippen LogP contribution in [0.15, 0.2) is 41.4 Å². The van der Waals surface area contributed by atoms with E-state index in [-0.39, 0.29) is 11.1 Å². The van der Waals surface area contributed by atoms with Gasteiger partial charge in [-0.1, -0.05) is 18.2 Å². The van der Waals surface area contributed by atoms with Crippen LogP contribution in [0.1, 0.15) is 30.0 Å². The predicted molar refractivity (Wildman–Crippen MR) is 106 cm³/mol. The zero-order valence-electron chi connectivity index (χ0n) is 14.6. The number of hydrogen-bond donors (Lipinski definition) is 2. The van der Waals surface area contributed by atoms with Crippen LogP contribution in [0.2, 0.25) is 0 Å². The lowest BCUT2D eigenvalue weighted by molar-refractivity contribution is -0.115. The number of rotatable bonds is 3. The van der Waals surface area contributed by atoms with Crippen molar-refractivity contribution in [2.24, 2.45) is 0 Å². The Bertz CT molecular complexity index is 922. The van der Waals surface area contributed by atoms with E-state index in [0.29, 0.717) is 22.5 Å².